The second-order valence-corrected chi connectivity index (χ2v) is 2.40. The molecule has 0 saturated heterocycles. The zero-order chi connectivity index (χ0) is 10.6. The van der Waals surface area contributed by atoms with Crippen LogP contribution in [0.1, 0.15) is 16.2 Å². The lowest BCUT2D eigenvalue weighted by Crippen LogP contribution is -2.03. The molecule has 5 nitrogen and oxygen atoms in total. The highest BCUT2D eigenvalue weighted by Gasteiger charge is 2.06. The van der Waals surface area contributed by atoms with Crippen LogP contribution >= 0.6 is 0 Å². The molecule has 0 saturated carbocycles. The van der Waals surface area contributed by atoms with Gasteiger partial charge in [0.2, 0.25) is 0 Å². The van der Waals surface area contributed by atoms with E-state index in [1.54, 1.807) is 0 Å². The van der Waals surface area contributed by atoms with Crippen molar-refractivity contribution >= 4 is 17.8 Å². The zero-order valence-electron chi connectivity index (χ0n) is 7.01. The SMILES string of the molecule is O=C/C(=C\[O-])c1cccc(C(=O)O)n1. The Balaban J connectivity index is 3.17. The molecule has 1 aromatic rings. The molecule has 0 bridgehead atoms. The third kappa shape index (κ3) is 1.95. The molecule has 0 radical (unpaired) electrons. The zero-order valence-corrected chi connectivity index (χ0v) is 7.01. The predicted octanol–water partition coefficient (Wildman–Crippen LogP) is -0.320. The molecule has 0 amide bonds. The van der Waals surface area contributed by atoms with Gasteiger partial charge in [-0.2, -0.15) is 0 Å². The van der Waals surface area contributed by atoms with Crippen LogP contribution in [0.5, 0.6) is 0 Å². The smallest absolute Gasteiger partial charge is 0.354 e. The quantitative estimate of drug-likeness (QED) is 0.402. The minimum atomic E-state index is -1.21. The summed E-state index contributed by atoms with van der Waals surface area (Å²) in [6.07, 6.45) is 0.669. The average Bonchev–Trinajstić information content (AvgIpc) is 2.20. The van der Waals surface area contributed by atoms with E-state index >= 15 is 0 Å². The summed E-state index contributed by atoms with van der Waals surface area (Å²) in [6, 6.07) is 4.09. The van der Waals surface area contributed by atoms with Crippen LogP contribution in [0.15, 0.2) is 24.5 Å². The third-order valence-corrected chi connectivity index (χ3v) is 1.52. The first-order chi connectivity index (χ1) is 6.69. The van der Waals surface area contributed by atoms with Crippen molar-refractivity contribution in [1.82, 2.24) is 4.98 Å². The monoisotopic (exact) mass is 192 g/mol. The molecule has 0 aliphatic carbocycles. The maximum absolute atomic E-state index is 10.5. The number of aromatic nitrogens is 1. The maximum atomic E-state index is 10.5. The van der Waals surface area contributed by atoms with Gasteiger partial charge in [-0.25, -0.2) is 9.78 Å². The van der Waals surface area contributed by atoms with Crippen molar-refractivity contribution in [2.45, 2.75) is 0 Å². The fraction of sp³-hybridized carbons (Fsp3) is 0. The van der Waals surface area contributed by atoms with Gasteiger partial charge in [0.05, 0.1) is 5.69 Å². The van der Waals surface area contributed by atoms with Crippen molar-refractivity contribution in [3.8, 4) is 0 Å². The average molecular weight is 192 g/mol. The first-order valence-electron chi connectivity index (χ1n) is 3.67. The molecule has 0 aliphatic rings. The molecule has 1 aromatic heterocycles. The molecule has 0 atom stereocenters. The molecule has 0 unspecified atom stereocenters. The van der Waals surface area contributed by atoms with Crippen LogP contribution in [-0.2, 0) is 4.79 Å². The number of rotatable bonds is 3. The summed E-state index contributed by atoms with van der Waals surface area (Å²) in [4.78, 5) is 24.5. The lowest BCUT2D eigenvalue weighted by atomic mass is 10.2. The van der Waals surface area contributed by atoms with E-state index in [0.29, 0.717) is 12.5 Å². The molecule has 72 valence electrons. The van der Waals surface area contributed by atoms with Crippen molar-refractivity contribution < 1.29 is 19.8 Å². The summed E-state index contributed by atoms with van der Waals surface area (Å²) in [7, 11) is 0. The summed E-state index contributed by atoms with van der Waals surface area (Å²) in [5, 5.41) is 19.0. The first-order valence-corrected chi connectivity index (χ1v) is 3.67. The molecular weight excluding hydrogens is 186 g/mol. The number of nitrogens with zero attached hydrogens (tertiary/aromatic N) is 1. The topological polar surface area (TPSA) is 90.3 Å². The number of hydrogen-bond acceptors (Lipinski definition) is 4. The molecule has 1 rings (SSSR count). The second-order valence-electron chi connectivity index (χ2n) is 2.40. The van der Waals surface area contributed by atoms with E-state index in [0.717, 1.165) is 0 Å². The fourth-order valence-corrected chi connectivity index (χ4v) is 0.863. The Labute approximate surface area is 79.3 Å². The second kappa shape index (κ2) is 4.18. The summed E-state index contributed by atoms with van der Waals surface area (Å²) >= 11 is 0. The van der Waals surface area contributed by atoms with Crippen LogP contribution in [0.25, 0.3) is 5.57 Å². The molecule has 14 heavy (non-hydrogen) atoms. The number of allylic oxidation sites excluding steroid dienone is 1. The van der Waals surface area contributed by atoms with Crippen LogP contribution in [0, 0.1) is 0 Å². The van der Waals surface area contributed by atoms with Crippen LogP contribution < -0.4 is 5.11 Å². The van der Waals surface area contributed by atoms with Crippen LogP contribution in [0.4, 0.5) is 0 Å². The third-order valence-electron chi connectivity index (χ3n) is 1.52. The van der Waals surface area contributed by atoms with Gasteiger partial charge < -0.3 is 10.2 Å². The Morgan fingerprint density at radius 3 is 2.57 bits per heavy atom. The fourth-order valence-electron chi connectivity index (χ4n) is 0.863. The number of hydrogen-bond donors (Lipinski definition) is 1. The highest BCUT2D eigenvalue weighted by molar-refractivity contribution is 6.05. The van der Waals surface area contributed by atoms with E-state index in [4.69, 9.17) is 5.11 Å². The van der Waals surface area contributed by atoms with Gasteiger partial charge in [0, 0.05) is 5.57 Å². The molecule has 5 heteroatoms. The molecule has 1 N–H and O–H groups in total. The largest absolute Gasteiger partial charge is 0.877 e. The summed E-state index contributed by atoms with van der Waals surface area (Å²) in [5.41, 5.74) is -0.313. The van der Waals surface area contributed by atoms with Gasteiger partial charge in [0.1, 0.15) is 5.69 Å². The number of carboxylic acids is 1. The summed E-state index contributed by atoms with van der Waals surface area (Å²) < 4.78 is 0. The van der Waals surface area contributed by atoms with Gasteiger partial charge in [0.25, 0.3) is 0 Å². The lowest BCUT2D eigenvalue weighted by molar-refractivity contribution is -0.273. The maximum Gasteiger partial charge on any atom is 0.354 e. The number of carbonyl (C=O) groups excluding carboxylic acids is 1. The molecule has 0 spiro atoms. The number of aldehydes is 1. The molecular formula is C9H6NO4-. The highest BCUT2D eigenvalue weighted by atomic mass is 16.4. The normalized spacial score (nSPS) is 11.0. The van der Waals surface area contributed by atoms with E-state index in [9.17, 15) is 14.7 Å². The predicted molar refractivity (Wildman–Crippen MR) is 45.2 cm³/mol. The van der Waals surface area contributed by atoms with Crippen molar-refractivity contribution in [3.63, 3.8) is 0 Å². The van der Waals surface area contributed by atoms with Crippen LogP contribution in [0.2, 0.25) is 0 Å². The first kappa shape index (κ1) is 9.91. The molecule has 0 aromatic carbocycles. The van der Waals surface area contributed by atoms with Crippen molar-refractivity contribution in [2.24, 2.45) is 0 Å². The minimum absolute atomic E-state index is 0.0647. The van der Waals surface area contributed by atoms with Crippen molar-refractivity contribution in [1.29, 1.82) is 0 Å². The standard InChI is InChI=1S/C9H7NO4/c11-4-6(5-12)7-2-1-3-8(10-7)9(13)14/h1-5,11H,(H,13,14)/p-1/b6-4+. The Morgan fingerprint density at radius 1 is 1.43 bits per heavy atom. The summed E-state index contributed by atoms with van der Waals surface area (Å²) in [6.45, 7) is 0. The van der Waals surface area contributed by atoms with Gasteiger partial charge in [-0.15, -0.1) is 6.26 Å². The lowest BCUT2D eigenvalue weighted by Gasteiger charge is -2.02. The van der Waals surface area contributed by atoms with Crippen LogP contribution in [0.3, 0.4) is 0 Å². The molecule has 1 heterocycles. The number of pyridine rings is 1. The minimum Gasteiger partial charge on any atom is -0.877 e. The number of aromatic carboxylic acids is 1. The molecule has 0 fully saturated rings. The van der Waals surface area contributed by atoms with Gasteiger partial charge >= 0.3 is 5.97 Å². The number of carboxylic acid groups (broad SMARTS) is 1. The van der Waals surface area contributed by atoms with Gasteiger partial charge in [-0.1, -0.05) is 6.07 Å². The Morgan fingerprint density at radius 2 is 2.07 bits per heavy atom. The van der Waals surface area contributed by atoms with E-state index in [2.05, 4.69) is 4.98 Å². The summed E-state index contributed by atoms with van der Waals surface area (Å²) in [5.74, 6) is -1.21. The Hall–Kier alpha value is -2.17. The molecule has 0 aliphatic heterocycles. The van der Waals surface area contributed by atoms with E-state index in [-0.39, 0.29) is 17.0 Å². The van der Waals surface area contributed by atoms with E-state index in [1.807, 2.05) is 0 Å². The van der Waals surface area contributed by atoms with Gasteiger partial charge in [-0.05, 0) is 12.1 Å². The van der Waals surface area contributed by atoms with Crippen LogP contribution in [-0.4, -0.2) is 22.3 Å². The van der Waals surface area contributed by atoms with Gasteiger partial charge in [0.15, 0.2) is 6.29 Å². The van der Waals surface area contributed by atoms with Crippen molar-refractivity contribution in [2.75, 3.05) is 0 Å². The Kier molecular flexibility index (Phi) is 2.96. The Bertz CT molecular complexity index is 398. The van der Waals surface area contributed by atoms with E-state index in [1.165, 1.54) is 18.2 Å². The number of carbonyl (C=O) groups is 2. The van der Waals surface area contributed by atoms with Crippen molar-refractivity contribution in [3.05, 3.63) is 35.8 Å². The van der Waals surface area contributed by atoms with E-state index < -0.39 is 5.97 Å². The van der Waals surface area contributed by atoms with Gasteiger partial charge in [-0.3, -0.25) is 4.79 Å². The highest BCUT2D eigenvalue weighted by Crippen LogP contribution is 2.08.